The molecule has 0 bridgehead atoms. The fourth-order valence-electron chi connectivity index (χ4n) is 4.67. The molecular formula is C17H30O2Si. The Morgan fingerprint density at radius 1 is 1.05 bits per heavy atom. The van der Waals surface area contributed by atoms with Gasteiger partial charge in [-0.3, -0.25) is 4.79 Å². The Morgan fingerprint density at radius 3 is 2.05 bits per heavy atom. The average Bonchev–Trinajstić information content (AvgIpc) is 2.80. The highest BCUT2D eigenvalue weighted by Crippen LogP contribution is 2.47. The van der Waals surface area contributed by atoms with E-state index in [2.05, 4.69) is 41.5 Å². The molecule has 0 spiro atoms. The number of allylic oxidation sites excluding steroid dienone is 1. The van der Waals surface area contributed by atoms with Crippen LogP contribution in [0.25, 0.3) is 0 Å². The van der Waals surface area contributed by atoms with E-state index in [9.17, 15) is 4.79 Å². The lowest BCUT2D eigenvalue weighted by atomic mass is 10.1. The van der Waals surface area contributed by atoms with Gasteiger partial charge in [-0.15, -0.1) is 0 Å². The van der Waals surface area contributed by atoms with Gasteiger partial charge in [0.05, 0.1) is 0 Å². The van der Waals surface area contributed by atoms with Crippen LogP contribution < -0.4 is 0 Å². The number of fused-ring (bicyclic) bond motifs is 1. The maximum absolute atomic E-state index is 11.5. The van der Waals surface area contributed by atoms with E-state index in [0.717, 1.165) is 19.3 Å². The largest absolute Gasteiger partial charge is 0.413 e. The van der Waals surface area contributed by atoms with Crippen LogP contribution in [-0.2, 0) is 9.22 Å². The summed E-state index contributed by atoms with van der Waals surface area (Å²) in [7, 11) is -1.77. The molecule has 0 heterocycles. The van der Waals surface area contributed by atoms with Gasteiger partial charge in [-0.1, -0.05) is 47.1 Å². The van der Waals surface area contributed by atoms with Crippen molar-refractivity contribution in [3.05, 3.63) is 11.6 Å². The molecule has 0 aromatic rings. The van der Waals surface area contributed by atoms with Gasteiger partial charge in [-0.05, 0) is 41.5 Å². The summed E-state index contributed by atoms with van der Waals surface area (Å²) in [6.07, 6.45) is 5.04. The molecule has 2 aliphatic carbocycles. The Balaban J connectivity index is 2.14. The SMILES string of the molecule is CC(C)[Si](O[C@H]1CC2=CC(=O)C[C@@H]2C1)(C(C)C)C(C)C. The van der Waals surface area contributed by atoms with Crippen molar-refractivity contribution in [3.8, 4) is 0 Å². The molecule has 0 aromatic carbocycles. The smallest absolute Gasteiger partial charge is 0.200 e. The number of carbonyl (C=O) groups excluding carboxylic acids is 1. The molecule has 0 N–H and O–H groups in total. The predicted octanol–water partition coefficient (Wildman–Crippen LogP) is 4.86. The topological polar surface area (TPSA) is 26.3 Å². The Bertz CT molecular complexity index is 387. The second-order valence-electron chi connectivity index (χ2n) is 7.58. The van der Waals surface area contributed by atoms with E-state index in [1.165, 1.54) is 5.57 Å². The number of carbonyl (C=O) groups is 1. The van der Waals surface area contributed by atoms with Crippen LogP contribution >= 0.6 is 0 Å². The summed E-state index contributed by atoms with van der Waals surface area (Å²) >= 11 is 0. The van der Waals surface area contributed by atoms with Crippen molar-refractivity contribution >= 4 is 14.1 Å². The molecule has 0 radical (unpaired) electrons. The highest BCUT2D eigenvalue weighted by Gasteiger charge is 2.48. The molecule has 3 heteroatoms. The first-order chi connectivity index (χ1) is 9.27. The van der Waals surface area contributed by atoms with Crippen LogP contribution in [0.15, 0.2) is 11.6 Å². The minimum absolute atomic E-state index is 0.323. The van der Waals surface area contributed by atoms with Crippen LogP contribution in [0.1, 0.15) is 60.8 Å². The van der Waals surface area contributed by atoms with Gasteiger partial charge in [0.15, 0.2) is 5.78 Å². The summed E-state index contributed by atoms with van der Waals surface area (Å²) in [5.74, 6) is 0.814. The summed E-state index contributed by atoms with van der Waals surface area (Å²) < 4.78 is 6.84. The highest BCUT2D eigenvalue weighted by molar-refractivity contribution is 6.77. The first kappa shape index (κ1) is 16.0. The number of ketones is 1. The van der Waals surface area contributed by atoms with Crippen LogP contribution in [0.2, 0.25) is 16.6 Å². The summed E-state index contributed by atoms with van der Waals surface area (Å²) in [4.78, 5) is 11.5. The van der Waals surface area contributed by atoms with Gasteiger partial charge in [0.25, 0.3) is 0 Å². The summed E-state index contributed by atoms with van der Waals surface area (Å²) in [6.45, 7) is 14.0. The molecule has 0 amide bonds. The molecule has 2 rings (SSSR count). The standard InChI is InChI=1S/C17H30O2Si/c1-11(2)20(12(3)4,13(5)6)19-17-9-14-7-16(18)8-15(14)10-17/h7,11-13,15,17H,8-10H2,1-6H3/t15-,17+/m1/s1. The fourth-order valence-corrected chi connectivity index (χ4v) is 10.2. The first-order valence-electron chi connectivity index (χ1n) is 8.18. The Labute approximate surface area is 125 Å². The molecule has 1 fully saturated rings. The number of hydrogen-bond donors (Lipinski definition) is 0. The third kappa shape index (κ3) is 2.67. The molecular weight excluding hydrogens is 264 g/mol. The van der Waals surface area contributed by atoms with Gasteiger partial charge < -0.3 is 4.43 Å². The van der Waals surface area contributed by atoms with Gasteiger partial charge in [-0.2, -0.15) is 0 Å². The molecule has 114 valence electrons. The normalized spacial score (nSPS) is 26.9. The maximum atomic E-state index is 11.5. The number of hydrogen-bond acceptors (Lipinski definition) is 2. The molecule has 0 aromatic heterocycles. The highest BCUT2D eigenvalue weighted by atomic mass is 28.4. The van der Waals surface area contributed by atoms with E-state index < -0.39 is 8.32 Å². The van der Waals surface area contributed by atoms with Crippen LogP contribution in [0, 0.1) is 5.92 Å². The van der Waals surface area contributed by atoms with Crippen molar-refractivity contribution in [2.75, 3.05) is 0 Å². The molecule has 0 saturated heterocycles. The van der Waals surface area contributed by atoms with Crippen LogP contribution in [0.3, 0.4) is 0 Å². The molecule has 0 aliphatic heterocycles. The van der Waals surface area contributed by atoms with E-state index >= 15 is 0 Å². The van der Waals surface area contributed by atoms with Crippen molar-refractivity contribution in [2.45, 2.75) is 83.5 Å². The van der Waals surface area contributed by atoms with E-state index in [0.29, 0.717) is 34.4 Å². The van der Waals surface area contributed by atoms with Crippen LogP contribution in [0.5, 0.6) is 0 Å². The lowest BCUT2D eigenvalue weighted by molar-refractivity contribution is -0.114. The Hall–Kier alpha value is -0.413. The lowest BCUT2D eigenvalue weighted by Crippen LogP contribution is -2.49. The van der Waals surface area contributed by atoms with Crippen LogP contribution in [0.4, 0.5) is 0 Å². The average molecular weight is 295 g/mol. The van der Waals surface area contributed by atoms with E-state index in [1.54, 1.807) is 0 Å². The summed E-state index contributed by atoms with van der Waals surface area (Å²) in [5, 5.41) is 0. The zero-order valence-electron chi connectivity index (χ0n) is 13.9. The zero-order valence-corrected chi connectivity index (χ0v) is 14.9. The monoisotopic (exact) mass is 294 g/mol. The molecule has 2 atom stereocenters. The van der Waals surface area contributed by atoms with E-state index in [4.69, 9.17) is 4.43 Å². The van der Waals surface area contributed by atoms with E-state index in [1.807, 2.05) is 6.08 Å². The molecule has 1 saturated carbocycles. The Morgan fingerprint density at radius 2 is 1.60 bits per heavy atom. The zero-order chi connectivity index (χ0) is 15.1. The van der Waals surface area contributed by atoms with Gasteiger partial charge in [0.2, 0.25) is 8.32 Å². The fraction of sp³-hybridized carbons (Fsp3) is 0.824. The van der Waals surface area contributed by atoms with E-state index in [-0.39, 0.29) is 0 Å². The van der Waals surface area contributed by atoms with Gasteiger partial charge in [0, 0.05) is 12.5 Å². The quantitative estimate of drug-likeness (QED) is 0.677. The van der Waals surface area contributed by atoms with Gasteiger partial charge in [-0.25, -0.2) is 0 Å². The summed E-state index contributed by atoms with van der Waals surface area (Å²) in [6, 6.07) is 0. The molecule has 2 nitrogen and oxygen atoms in total. The molecule has 2 aliphatic rings. The summed E-state index contributed by atoms with van der Waals surface area (Å²) in [5.41, 5.74) is 3.27. The third-order valence-electron chi connectivity index (χ3n) is 5.41. The van der Waals surface area contributed by atoms with Gasteiger partial charge in [0.1, 0.15) is 0 Å². The van der Waals surface area contributed by atoms with Crippen molar-refractivity contribution in [3.63, 3.8) is 0 Å². The second kappa shape index (κ2) is 5.76. The van der Waals surface area contributed by atoms with Crippen molar-refractivity contribution < 1.29 is 9.22 Å². The van der Waals surface area contributed by atoms with Crippen LogP contribution in [-0.4, -0.2) is 20.2 Å². The van der Waals surface area contributed by atoms with Crippen molar-refractivity contribution in [2.24, 2.45) is 5.92 Å². The van der Waals surface area contributed by atoms with Crippen molar-refractivity contribution in [1.82, 2.24) is 0 Å². The van der Waals surface area contributed by atoms with Crippen molar-refractivity contribution in [1.29, 1.82) is 0 Å². The molecule has 0 unspecified atom stereocenters. The minimum atomic E-state index is -1.77. The predicted molar refractivity (Wildman–Crippen MR) is 86.4 cm³/mol. The third-order valence-corrected chi connectivity index (χ3v) is 11.6. The maximum Gasteiger partial charge on any atom is 0.200 e. The lowest BCUT2D eigenvalue weighted by Gasteiger charge is -2.44. The molecule has 20 heavy (non-hydrogen) atoms. The first-order valence-corrected chi connectivity index (χ1v) is 10.3. The Kier molecular flexibility index (Phi) is 4.60. The van der Waals surface area contributed by atoms with Gasteiger partial charge >= 0.3 is 0 Å². The number of rotatable bonds is 5. The second-order valence-corrected chi connectivity index (χ2v) is 13.0. The minimum Gasteiger partial charge on any atom is -0.413 e.